The minimum absolute atomic E-state index is 0.0523. The first-order valence-electron chi connectivity index (χ1n) is 14.7. The van der Waals surface area contributed by atoms with E-state index >= 15 is 0 Å². The topological polar surface area (TPSA) is 118 Å². The predicted molar refractivity (Wildman–Crippen MR) is 141 cm³/mol. The Labute approximate surface area is 223 Å². The van der Waals surface area contributed by atoms with Crippen LogP contribution in [0.15, 0.2) is 0 Å². The number of carbonyl (C=O) groups excluding carboxylic acids is 1. The zero-order valence-electron chi connectivity index (χ0n) is 22.9. The maximum atomic E-state index is 12.9. The molecule has 0 aromatic heterocycles. The molecule has 4 aliphatic carbocycles. The van der Waals surface area contributed by atoms with Gasteiger partial charge >= 0.3 is 10.3 Å². The van der Waals surface area contributed by atoms with E-state index in [1.165, 1.54) is 19.3 Å². The molecule has 1 aliphatic heterocycles. The average molecular weight is 541 g/mol. The van der Waals surface area contributed by atoms with Crippen LogP contribution in [0.4, 0.5) is 0 Å². The SMILES string of the molecule is C[C@H](CCC(=O)N1CCN(S(=O)(=O)O)CC1)[C@H]1CC[C@H]2[C@@H]3CC[C@@H]4C[C@H](O)CC[C@]4(C)[C@H]3C[C@H](O)[C@]12C. The Morgan fingerprint density at radius 3 is 2.35 bits per heavy atom. The molecule has 1 amide bonds. The van der Waals surface area contributed by atoms with Gasteiger partial charge in [0, 0.05) is 32.6 Å². The van der Waals surface area contributed by atoms with Crippen molar-refractivity contribution in [3.63, 3.8) is 0 Å². The summed E-state index contributed by atoms with van der Waals surface area (Å²) in [5, 5.41) is 22.0. The van der Waals surface area contributed by atoms with Crippen LogP contribution in [0.5, 0.6) is 0 Å². The van der Waals surface area contributed by atoms with Gasteiger partial charge in [0.25, 0.3) is 0 Å². The normalized spacial score (nSPS) is 45.6. The van der Waals surface area contributed by atoms with E-state index in [-0.39, 0.29) is 42.0 Å². The monoisotopic (exact) mass is 540 g/mol. The third kappa shape index (κ3) is 4.79. The number of amides is 1. The number of piperazine rings is 1. The summed E-state index contributed by atoms with van der Waals surface area (Å²) in [6.07, 6.45) is 9.23. The van der Waals surface area contributed by atoms with E-state index in [0.29, 0.717) is 55.0 Å². The highest BCUT2D eigenvalue weighted by molar-refractivity contribution is 7.83. The van der Waals surface area contributed by atoms with Crippen LogP contribution in [0.3, 0.4) is 0 Å². The number of aliphatic hydroxyl groups is 2. The van der Waals surface area contributed by atoms with Crippen LogP contribution < -0.4 is 0 Å². The highest BCUT2D eigenvalue weighted by Crippen LogP contribution is 2.68. The minimum Gasteiger partial charge on any atom is -0.393 e. The van der Waals surface area contributed by atoms with Crippen LogP contribution in [-0.2, 0) is 15.1 Å². The van der Waals surface area contributed by atoms with E-state index < -0.39 is 10.3 Å². The standard InChI is InChI=1S/C28H48N2O6S/c1-18(4-9-26(33)29-12-14-30(15-13-29)37(34,35)36)22-7-8-23-21-6-5-19-16-20(31)10-11-27(19,2)24(21)17-25(32)28(22,23)3/h18-25,31-32H,4-17H2,1-3H3,(H,34,35,36)/t18-,19-,20-,21+,22-,23+,24+,25+,27+,28-/m1/s1. The maximum Gasteiger partial charge on any atom is 0.336 e. The summed E-state index contributed by atoms with van der Waals surface area (Å²) in [5.74, 6) is 3.10. The number of hydrogen-bond donors (Lipinski definition) is 3. The third-order valence-corrected chi connectivity index (χ3v) is 13.3. The van der Waals surface area contributed by atoms with Crippen molar-refractivity contribution in [1.82, 2.24) is 9.21 Å². The Morgan fingerprint density at radius 2 is 1.68 bits per heavy atom. The number of hydrogen-bond acceptors (Lipinski definition) is 5. The zero-order chi connectivity index (χ0) is 26.8. The largest absolute Gasteiger partial charge is 0.393 e. The van der Waals surface area contributed by atoms with E-state index in [0.717, 1.165) is 42.8 Å². The fraction of sp³-hybridized carbons (Fsp3) is 0.964. The molecule has 5 fully saturated rings. The molecule has 9 heteroatoms. The summed E-state index contributed by atoms with van der Waals surface area (Å²) in [4.78, 5) is 14.6. The molecule has 37 heavy (non-hydrogen) atoms. The van der Waals surface area contributed by atoms with Gasteiger partial charge in [-0.2, -0.15) is 12.7 Å². The Morgan fingerprint density at radius 1 is 0.973 bits per heavy atom. The van der Waals surface area contributed by atoms with E-state index in [4.69, 9.17) is 0 Å². The van der Waals surface area contributed by atoms with Gasteiger partial charge in [0.05, 0.1) is 12.2 Å². The minimum atomic E-state index is -4.20. The van der Waals surface area contributed by atoms with E-state index in [1.807, 2.05) is 0 Å². The third-order valence-electron chi connectivity index (χ3n) is 12.2. The second-order valence-corrected chi connectivity index (χ2v) is 15.1. The van der Waals surface area contributed by atoms with Gasteiger partial charge in [0.2, 0.25) is 5.91 Å². The first kappa shape index (κ1) is 27.8. The van der Waals surface area contributed by atoms with Crippen molar-refractivity contribution in [3.8, 4) is 0 Å². The molecule has 0 unspecified atom stereocenters. The second-order valence-electron chi connectivity index (χ2n) is 13.7. The molecule has 8 nitrogen and oxygen atoms in total. The number of aliphatic hydroxyl groups excluding tert-OH is 2. The Hall–Kier alpha value is -0.740. The van der Waals surface area contributed by atoms with Crippen LogP contribution in [-0.4, -0.2) is 76.7 Å². The highest BCUT2D eigenvalue weighted by Gasteiger charge is 2.63. The van der Waals surface area contributed by atoms with Gasteiger partial charge in [-0.15, -0.1) is 0 Å². The van der Waals surface area contributed by atoms with Gasteiger partial charge in [-0.05, 0) is 104 Å². The Bertz CT molecular complexity index is 968. The second kappa shape index (κ2) is 10.0. The molecule has 0 aromatic carbocycles. The van der Waals surface area contributed by atoms with Crippen LogP contribution in [0.1, 0.15) is 85.0 Å². The Balaban J connectivity index is 1.21. The average Bonchev–Trinajstić information content (AvgIpc) is 3.22. The molecule has 0 aromatic rings. The van der Waals surface area contributed by atoms with Gasteiger partial charge in [-0.25, -0.2) is 0 Å². The number of nitrogens with zero attached hydrogens (tertiary/aromatic N) is 2. The zero-order valence-corrected chi connectivity index (χ0v) is 23.7. The lowest BCUT2D eigenvalue weighted by molar-refractivity contribution is -0.175. The first-order valence-corrected chi connectivity index (χ1v) is 16.1. The van der Waals surface area contributed by atoms with Crippen molar-refractivity contribution in [3.05, 3.63) is 0 Å². The lowest BCUT2D eigenvalue weighted by Crippen LogP contribution is -2.58. The maximum absolute atomic E-state index is 12.9. The van der Waals surface area contributed by atoms with Crippen molar-refractivity contribution in [2.75, 3.05) is 26.2 Å². The lowest BCUT2D eigenvalue weighted by Gasteiger charge is -2.62. The fourth-order valence-corrected chi connectivity index (χ4v) is 10.7. The van der Waals surface area contributed by atoms with Crippen molar-refractivity contribution in [1.29, 1.82) is 0 Å². The van der Waals surface area contributed by atoms with Gasteiger partial charge in [-0.1, -0.05) is 20.8 Å². The summed E-state index contributed by atoms with van der Waals surface area (Å²) >= 11 is 0. The summed E-state index contributed by atoms with van der Waals surface area (Å²) in [7, 11) is -4.20. The number of fused-ring (bicyclic) bond motifs is 5. The molecular weight excluding hydrogens is 492 g/mol. The van der Waals surface area contributed by atoms with Gasteiger partial charge < -0.3 is 15.1 Å². The lowest BCUT2D eigenvalue weighted by atomic mass is 9.43. The van der Waals surface area contributed by atoms with E-state index in [9.17, 15) is 28.0 Å². The molecule has 1 heterocycles. The molecule has 0 bridgehead atoms. The summed E-state index contributed by atoms with van der Waals surface area (Å²) < 4.78 is 32.9. The summed E-state index contributed by atoms with van der Waals surface area (Å²) in [6.45, 7) is 7.94. The molecule has 0 spiro atoms. The van der Waals surface area contributed by atoms with Crippen molar-refractivity contribution >= 4 is 16.2 Å². The highest BCUT2D eigenvalue weighted by atomic mass is 32.2. The fourth-order valence-electron chi connectivity index (χ4n) is 10.0. The van der Waals surface area contributed by atoms with Crippen molar-refractivity contribution < 1.29 is 28.0 Å². The molecule has 5 aliphatic rings. The predicted octanol–water partition coefficient (Wildman–Crippen LogP) is 3.34. The Kier molecular flexibility index (Phi) is 7.53. The van der Waals surface area contributed by atoms with Crippen LogP contribution in [0.2, 0.25) is 0 Å². The van der Waals surface area contributed by atoms with Crippen LogP contribution in [0.25, 0.3) is 0 Å². The van der Waals surface area contributed by atoms with Gasteiger partial charge in [0.15, 0.2) is 0 Å². The van der Waals surface area contributed by atoms with Gasteiger partial charge in [-0.3, -0.25) is 9.35 Å². The quantitative estimate of drug-likeness (QED) is 0.461. The van der Waals surface area contributed by atoms with E-state index in [2.05, 4.69) is 20.8 Å². The molecule has 5 rings (SSSR count). The smallest absolute Gasteiger partial charge is 0.336 e. The molecule has 1 saturated heterocycles. The first-order chi connectivity index (χ1) is 17.4. The number of carbonyl (C=O) groups is 1. The van der Waals surface area contributed by atoms with Crippen LogP contribution in [0, 0.1) is 46.3 Å². The molecule has 212 valence electrons. The van der Waals surface area contributed by atoms with Crippen LogP contribution >= 0.6 is 0 Å². The van der Waals surface area contributed by atoms with E-state index in [1.54, 1.807) is 4.90 Å². The molecule has 0 radical (unpaired) electrons. The molecule has 4 saturated carbocycles. The van der Waals surface area contributed by atoms with Crippen molar-refractivity contribution in [2.45, 2.75) is 97.2 Å². The molecule has 3 N–H and O–H groups in total. The summed E-state index contributed by atoms with van der Waals surface area (Å²) in [5.41, 5.74) is 0.127. The van der Waals surface area contributed by atoms with Gasteiger partial charge in [0.1, 0.15) is 0 Å². The van der Waals surface area contributed by atoms with Crippen molar-refractivity contribution in [2.24, 2.45) is 46.3 Å². The summed E-state index contributed by atoms with van der Waals surface area (Å²) in [6, 6.07) is 0. The molecular formula is C28H48N2O6S. The molecule has 10 atom stereocenters. The number of rotatable bonds is 5.